The van der Waals surface area contributed by atoms with E-state index < -0.39 is 0 Å². The van der Waals surface area contributed by atoms with E-state index in [1.807, 2.05) is 44.8 Å². The molecule has 0 saturated carbocycles. The molecule has 0 spiro atoms. The Morgan fingerprint density at radius 2 is 2.06 bits per heavy atom. The molecule has 6 nitrogen and oxygen atoms in total. The van der Waals surface area contributed by atoms with Gasteiger partial charge in [-0.3, -0.25) is 9.36 Å². The molecule has 0 saturated heterocycles. The Morgan fingerprint density at radius 3 is 2.61 bits per heavy atom. The monoisotopic (exact) mass is 248 g/mol. The van der Waals surface area contributed by atoms with Crippen molar-refractivity contribution in [2.45, 2.75) is 27.3 Å². The first kappa shape index (κ1) is 12.5. The largest absolute Gasteiger partial charge is 0.299 e. The summed E-state index contributed by atoms with van der Waals surface area (Å²) in [7, 11) is 1.88. The molecular formula is C12H18N5O+. The maximum absolute atomic E-state index is 11.8. The van der Waals surface area contributed by atoms with Crippen LogP contribution in [0.3, 0.4) is 0 Å². The van der Waals surface area contributed by atoms with Gasteiger partial charge in [-0.05, 0) is 26.8 Å². The van der Waals surface area contributed by atoms with E-state index in [0.29, 0.717) is 18.8 Å². The normalized spacial score (nSPS) is 10.9. The van der Waals surface area contributed by atoms with Crippen molar-refractivity contribution in [2.75, 3.05) is 6.54 Å². The van der Waals surface area contributed by atoms with Crippen LogP contribution in [-0.4, -0.2) is 30.9 Å². The molecule has 6 heteroatoms. The van der Waals surface area contributed by atoms with Crippen LogP contribution in [0.1, 0.15) is 24.0 Å². The highest BCUT2D eigenvalue weighted by Crippen LogP contribution is 2.22. The number of nitrogens with zero attached hydrogens (tertiary/aromatic N) is 5. The van der Waals surface area contributed by atoms with Crippen LogP contribution in [0.25, 0.3) is 0 Å². The molecule has 2 aromatic heterocycles. The zero-order valence-electron chi connectivity index (χ0n) is 11.2. The lowest BCUT2D eigenvalue weighted by molar-refractivity contribution is -0.459. The third-order valence-electron chi connectivity index (χ3n) is 2.96. The first-order chi connectivity index (χ1) is 8.52. The predicted octanol–water partition coefficient (Wildman–Crippen LogP) is 1.71. The average molecular weight is 248 g/mol. The molecule has 0 aliphatic heterocycles. The smallest absolute Gasteiger partial charge is 0.275 e. The number of hydrogen-bond donors (Lipinski definition) is 0. The third kappa shape index (κ3) is 2.18. The van der Waals surface area contributed by atoms with E-state index >= 15 is 0 Å². The van der Waals surface area contributed by atoms with Gasteiger partial charge in [0.05, 0.1) is 12.2 Å². The molecule has 96 valence electrons. The maximum Gasteiger partial charge on any atom is 0.299 e. The van der Waals surface area contributed by atoms with Crippen LogP contribution in [0, 0.1) is 18.8 Å². The molecule has 2 rings (SSSR count). The number of aryl methyl sites for hydroxylation is 2. The summed E-state index contributed by atoms with van der Waals surface area (Å²) >= 11 is 0. The molecule has 2 aromatic rings. The Morgan fingerprint density at radius 1 is 1.33 bits per heavy atom. The SMILES string of the molecule is CC[N+](=O)c1c(C)nn(Cc2ccn(C)n2)c1C. The summed E-state index contributed by atoms with van der Waals surface area (Å²) in [6.45, 7) is 6.63. The fourth-order valence-electron chi connectivity index (χ4n) is 2.06. The van der Waals surface area contributed by atoms with Crippen LogP contribution in [-0.2, 0) is 13.6 Å². The van der Waals surface area contributed by atoms with E-state index in [2.05, 4.69) is 10.2 Å². The molecule has 0 unspecified atom stereocenters. The molecule has 0 amide bonds. The van der Waals surface area contributed by atoms with Crippen molar-refractivity contribution in [3.63, 3.8) is 0 Å². The van der Waals surface area contributed by atoms with Crippen molar-refractivity contribution >= 4 is 5.69 Å². The van der Waals surface area contributed by atoms with Crippen molar-refractivity contribution in [1.29, 1.82) is 0 Å². The fraction of sp³-hybridized carbons (Fsp3) is 0.500. The highest BCUT2D eigenvalue weighted by molar-refractivity contribution is 5.39. The third-order valence-corrected chi connectivity index (χ3v) is 2.96. The highest BCUT2D eigenvalue weighted by Gasteiger charge is 2.24. The molecule has 0 aliphatic rings. The minimum atomic E-state index is 0.428. The van der Waals surface area contributed by atoms with E-state index in [1.165, 1.54) is 0 Å². The second kappa shape index (κ2) is 4.72. The first-order valence-electron chi connectivity index (χ1n) is 6.00. The number of hydrogen-bond acceptors (Lipinski definition) is 3. The van der Waals surface area contributed by atoms with Crippen LogP contribution in [0.15, 0.2) is 12.3 Å². The van der Waals surface area contributed by atoms with Gasteiger partial charge >= 0.3 is 0 Å². The van der Waals surface area contributed by atoms with Gasteiger partial charge in [0, 0.05) is 22.9 Å². The Kier molecular flexibility index (Phi) is 3.27. The fourth-order valence-corrected chi connectivity index (χ4v) is 2.06. The van der Waals surface area contributed by atoms with Crippen LogP contribution in [0.4, 0.5) is 5.69 Å². The molecule has 0 radical (unpaired) electrons. The predicted molar refractivity (Wildman–Crippen MR) is 67.8 cm³/mol. The highest BCUT2D eigenvalue weighted by atomic mass is 16.3. The van der Waals surface area contributed by atoms with Crippen LogP contribution in [0.2, 0.25) is 0 Å². The van der Waals surface area contributed by atoms with E-state index in [-0.39, 0.29) is 0 Å². The van der Waals surface area contributed by atoms with Gasteiger partial charge in [-0.25, -0.2) is 0 Å². The van der Waals surface area contributed by atoms with E-state index in [0.717, 1.165) is 21.8 Å². The molecule has 0 atom stereocenters. The molecule has 0 fully saturated rings. The zero-order valence-corrected chi connectivity index (χ0v) is 11.2. The average Bonchev–Trinajstić information content (AvgIpc) is 2.84. The number of nitroso groups, excluding NO2 is 1. The second-order valence-corrected chi connectivity index (χ2v) is 4.35. The Bertz CT molecular complexity index is 581. The van der Waals surface area contributed by atoms with E-state index in [1.54, 1.807) is 4.68 Å². The number of rotatable bonds is 4. The molecular weight excluding hydrogens is 230 g/mol. The minimum absolute atomic E-state index is 0.428. The molecule has 0 bridgehead atoms. The summed E-state index contributed by atoms with van der Waals surface area (Å²) in [5.74, 6) is 0. The van der Waals surface area contributed by atoms with Gasteiger partial charge in [0.1, 0.15) is 11.4 Å². The summed E-state index contributed by atoms with van der Waals surface area (Å²) in [6, 6.07) is 1.95. The lowest BCUT2D eigenvalue weighted by Crippen LogP contribution is -2.06. The summed E-state index contributed by atoms with van der Waals surface area (Å²) < 4.78 is 4.56. The lowest BCUT2D eigenvalue weighted by Gasteiger charge is -2.00. The molecule has 2 heterocycles. The summed E-state index contributed by atoms with van der Waals surface area (Å²) in [5, 5.41) is 8.72. The molecule has 0 aromatic carbocycles. The van der Waals surface area contributed by atoms with Crippen molar-refractivity contribution in [2.24, 2.45) is 7.05 Å². The first-order valence-corrected chi connectivity index (χ1v) is 6.00. The molecule has 0 N–H and O–H groups in total. The minimum Gasteiger partial charge on any atom is -0.275 e. The maximum atomic E-state index is 11.8. The number of aromatic nitrogens is 4. The Hall–Kier alpha value is -1.98. The van der Waals surface area contributed by atoms with Gasteiger partial charge in [-0.1, -0.05) is 0 Å². The van der Waals surface area contributed by atoms with Gasteiger partial charge in [-0.2, -0.15) is 10.2 Å². The topological polar surface area (TPSA) is 55.7 Å². The summed E-state index contributed by atoms with van der Waals surface area (Å²) in [6.07, 6.45) is 1.90. The Labute approximate surface area is 106 Å². The van der Waals surface area contributed by atoms with E-state index in [4.69, 9.17) is 0 Å². The van der Waals surface area contributed by atoms with Gasteiger partial charge in [0.15, 0.2) is 6.54 Å². The van der Waals surface area contributed by atoms with E-state index in [9.17, 15) is 4.91 Å². The standard InChI is InChI=1S/C12H18N5O/c1-5-17(18)12-9(2)13-16(10(12)3)8-11-6-7-15(4)14-11/h6-7H,5,8H2,1-4H3/q+1. The van der Waals surface area contributed by atoms with Gasteiger partial charge in [-0.15, -0.1) is 0 Å². The van der Waals surface area contributed by atoms with Crippen molar-refractivity contribution in [3.05, 3.63) is 34.3 Å². The van der Waals surface area contributed by atoms with Crippen molar-refractivity contribution < 1.29 is 4.76 Å². The van der Waals surface area contributed by atoms with Gasteiger partial charge < -0.3 is 0 Å². The second-order valence-electron chi connectivity index (χ2n) is 4.35. The Balaban J connectivity index is 2.32. The van der Waals surface area contributed by atoms with Crippen molar-refractivity contribution in [3.8, 4) is 0 Å². The summed E-state index contributed by atoms with van der Waals surface area (Å²) in [5.41, 5.74) is 3.26. The van der Waals surface area contributed by atoms with Crippen LogP contribution < -0.4 is 0 Å². The molecule has 18 heavy (non-hydrogen) atoms. The summed E-state index contributed by atoms with van der Waals surface area (Å²) in [4.78, 5) is 11.8. The lowest BCUT2D eigenvalue weighted by atomic mass is 10.3. The van der Waals surface area contributed by atoms with Crippen molar-refractivity contribution in [1.82, 2.24) is 19.6 Å². The molecule has 0 aliphatic carbocycles. The van der Waals surface area contributed by atoms with Crippen LogP contribution in [0.5, 0.6) is 0 Å². The van der Waals surface area contributed by atoms with Gasteiger partial charge in [0.25, 0.3) is 5.69 Å². The quantitative estimate of drug-likeness (QED) is 0.774. The van der Waals surface area contributed by atoms with Crippen LogP contribution >= 0.6 is 0 Å². The van der Waals surface area contributed by atoms with Gasteiger partial charge in [0.2, 0.25) is 0 Å². The zero-order chi connectivity index (χ0) is 13.3.